The number of pyridine rings is 1. The molecule has 3 aromatic heterocycles. The first-order chi connectivity index (χ1) is 14.0. The molecule has 0 aliphatic carbocycles. The Hall–Kier alpha value is -3.03. The predicted molar refractivity (Wildman–Crippen MR) is 113 cm³/mol. The van der Waals surface area contributed by atoms with Crippen molar-refractivity contribution in [1.82, 2.24) is 19.7 Å². The van der Waals surface area contributed by atoms with Crippen LogP contribution in [0.25, 0.3) is 16.4 Å². The van der Waals surface area contributed by atoms with Gasteiger partial charge in [0.05, 0.1) is 15.6 Å². The second kappa shape index (κ2) is 8.14. The summed E-state index contributed by atoms with van der Waals surface area (Å²) < 4.78 is 7.09. The van der Waals surface area contributed by atoms with Gasteiger partial charge in [0, 0.05) is 17.5 Å². The monoisotopic (exact) mass is 424 g/mol. The molecule has 4 aromatic rings. The third kappa shape index (κ3) is 4.21. The molecule has 0 bridgehead atoms. The highest BCUT2D eigenvalue weighted by Gasteiger charge is 2.17. The number of nitrogens with zero attached hydrogens (tertiary/aromatic N) is 4. The molecule has 0 spiro atoms. The molecule has 0 N–H and O–H groups in total. The van der Waals surface area contributed by atoms with Crippen molar-refractivity contribution in [3.63, 3.8) is 0 Å². The molecular weight excluding hydrogens is 408 g/mol. The summed E-state index contributed by atoms with van der Waals surface area (Å²) in [5.41, 5.74) is 2.86. The van der Waals surface area contributed by atoms with Crippen LogP contribution in [0.2, 0.25) is 5.02 Å². The smallest absolute Gasteiger partial charge is 0.358 e. The predicted octanol–water partition coefficient (Wildman–Crippen LogP) is 5.02. The molecule has 8 heteroatoms. The Morgan fingerprint density at radius 1 is 1.17 bits per heavy atom. The molecule has 0 amide bonds. The van der Waals surface area contributed by atoms with Crippen LogP contribution in [0, 0.1) is 13.8 Å². The molecular formula is C21H17ClN4O2S. The molecule has 6 nitrogen and oxygen atoms in total. The van der Waals surface area contributed by atoms with Gasteiger partial charge in [0.2, 0.25) is 0 Å². The third-order valence-electron chi connectivity index (χ3n) is 4.17. The minimum atomic E-state index is -0.590. The standard InChI is InChI=1S/C21H17ClN4O2S/c1-13-10-14(2)26(25-13)18-9-8-17(22)19(24-18)21(27)28-12-16-11-23-20(29-16)15-6-4-3-5-7-15/h3-11H,12H2,1-2H3. The number of hydrogen-bond acceptors (Lipinski definition) is 6. The van der Waals surface area contributed by atoms with Crippen LogP contribution in [0.1, 0.15) is 26.8 Å². The highest BCUT2D eigenvalue weighted by atomic mass is 35.5. The van der Waals surface area contributed by atoms with Crippen molar-refractivity contribution in [3.8, 4) is 16.4 Å². The van der Waals surface area contributed by atoms with E-state index >= 15 is 0 Å². The summed E-state index contributed by atoms with van der Waals surface area (Å²) in [5, 5.41) is 5.49. The summed E-state index contributed by atoms with van der Waals surface area (Å²) in [4.78, 5) is 22.2. The topological polar surface area (TPSA) is 69.9 Å². The molecule has 0 fully saturated rings. The lowest BCUT2D eigenvalue weighted by Gasteiger charge is -2.08. The first-order valence-electron chi connectivity index (χ1n) is 8.88. The second-order valence-corrected chi connectivity index (χ2v) is 7.94. The number of ether oxygens (including phenoxy) is 1. The molecule has 29 heavy (non-hydrogen) atoms. The van der Waals surface area contributed by atoms with Crippen LogP contribution in [0.3, 0.4) is 0 Å². The fraction of sp³-hybridized carbons (Fsp3) is 0.143. The van der Waals surface area contributed by atoms with E-state index in [2.05, 4.69) is 15.1 Å². The normalized spacial score (nSPS) is 10.9. The summed E-state index contributed by atoms with van der Waals surface area (Å²) in [6.07, 6.45) is 1.71. The van der Waals surface area contributed by atoms with Crippen molar-refractivity contribution in [2.24, 2.45) is 0 Å². The molecule has 0 radical (unpaired) electrons. The van der Waals surface area contributed by atoms with Gasteiger partial charge < -0.3 is 4.74 Å². The Labute approximate surface area is 176 Å². The second-order valence-electron chi connectivity index (χ2n) is 6.41. The maximum atomic E-state index is 12.6. The van der Waals surface area contributed by atoms with Crippen LogP contribution in [-0.4, -0.2) is 25.7 Å². The van der Waals surface area contributed by atoms with Crippen LogP contribution in [0.4, 0.5) is 0 Å². The van der Waals surface area contributed by atoms with Gasteiger partial charge in [-0.2, -0.15) is 5.10 Å². The maximum absolute atomic E-state index is 12.6. The molecule has 146 valence electrons. The summed E-state index contributed by atoms with van der Waals surface area (Å²) in [7, 11) is 0. The Kier molecular flexibility index (Phi) is 5.42. The lowest BCUT2D eigenvalue weighted by atomic mass is 10.2. The molecule has 0 saturated heterocycles. The van der Waals surface area contributed by atoms with E-state index in [0.717, 1.165) is 26.8 Å². The van der Waals surface area contributed by atoms with E-state index in [0.29, 0.717) is 5.82 Å². The SMILES string of the molecule is Cc1cc(C)n(-c2ccc(Cl)c(C(=O)OCc3cnc(-c4ccccc4)s3)n2)n1. The number of carbonyl (C=O) groups excluding carboxylic acids is 1. The minimum Gasteiger partial charge on any atom is -0.455 e. The van der Waals surface area contributed by atoms with E-state index in [1.54, 1.807) is 23.0 Å². The highest BCUT2D eigenvalue weighted by molar-refractivity contribution is 7.15. The quantitative estimate of drug-likeness (QED) is 0.421. The number of rotatable bonds is 5. The Bertz CT molecular complexity index is 1170. The molecule has 0 aliphatic heterocycles. The van der Waals surface area contributed by atoms with Crippen LogP contribution in [-0.2, 0) is 11.3 Å². The van der Waals surface area contributed by atoms with Gasteiger partial charge in [0.15, 0.2) is 11.5 Å². The van der Waals surface area contributed by atoms with Crippen molar-refractivity contribution in [3.05, 3.63) is 81.7 Å². The lowest BCUT2D eigenvalue weighted by Crippen LogP contribution is -2.11. The van der Waals surface area contributed by atoms with E-state index in [1.807, 2.05) is 50.2 Å². The van der Waals surface area contributed by atoms with Gasteiger partial charge in [0.1, 0.15) is 11.6 Å². The van der Waals surface area contributed by atoms with Gasteiger partial charge in [-0.3, -0.25) is 0 Å². The molecule has 3 heterocycles. The van der Waals surface area contributed by atoms with E-state index in [4.69, 9.17) is 16.3 Å². The van der Waals surface area contributed by atoms with Crippen LogP contribution in [0.15, 0.2) is 54.7 Å². The van der Waals surface area contributed by atoms with Gasteiger partial charge in [-0.15, -0.1) is 11.3 Å². The van der Waals surface area contributed by atoms with Gasteiger partial charge in [0.25, 0.3) is 0 Å². The summed E-state index contributed by atoms with van der Waals surface area (Å²) in [6, 6.07) is 15.1. The average molecular weight is 425 g/mol. The van der Waals surface area contributed by atoms with Crippen molar-refractivity contribution >= 4 is 28.9 Å². The molecule has 0 aliphatic rings. The van der Waals surface area contributed by atoms with Crippen molar-refractivity contribution in [2.75, 3.05) is 0 Å². The number of thiazole rings is 1. The number of aryl methyl sites for hydroxylation is 2. The van der Waals surface area contributed by atoms with Crippen molar-refractivity contribution < 1.29 is 9.53 Å². The van der Waals surface area contributed by atoms with Gasteiger partial charge in [-0.1, -0.05) is 41.9 Å². The van der Waals surface area contributed by atoms with E-state index in [1.165, 1.54) is 11.3 Å². The fourth-order valence-corrected chi connectivity index (χ4v) is 3.86. The molecule has 4 rings (SSSR count). The van der Waals surface area contributed by atoms with Gasteiger partial charge >= 0.3 is 5.97 Å². The number of halogens is 1. The van der Waals surface area contributed by atoms with Crippen molar-refractivity contribution in [2.45, 2.75) is 20.5 Å². The number of hydrogen-bond donors (Lipinski definition) is 0. The zero-order valence-electron chi connectivity index (χ0n) is 15.8. The highest BCUT2D eigenvalue weighted by Crippen LogP contribution is 2.26. The maximum Gasteiger partial charge on any atom is 0.358 e. The zero-order chi connectivity index (χ0) is 20.4. The van der Waals surface area contributed by atoms with E-state index in [9.17, 15) is 4.79 Å². The molecule has 0 atom stereocenters. The summed E-state index contributed by atoms with van der Waals surface area (Å²) >= 11 is 7.66. The third-order valence-corrected chi connectivity index (χ3v) is 5.50. The first-order valence-corrected chi connectivity index (χ1v) is 10.1. The molecule has 0 unspecified atom stereocenters. The van der Waals surface area contributed by atoms with E-state index < -0.39 is 5.97 Å². The van der Waals surface area contributed by atoms with Crippen molar-refractivity contribution in [1.29, 1.82) is 0 Å². The molecule has 1 aromatic carbocycles. The molecule has 0 saturated carbocycles. The number of aromatic nitrogens is 4. The largest absolute Gasteiger partial charge is 0.455 e. The fourth-order valence-electron chi connectivity index (χ4n) is 2.85. The first kappa shape index (κ1) is 19.3. The number of carbonyl (C=O) groups is 1. The van der Waals surface area contributed by atoms with E-state index in [-0.39, 0.29) is 17.3 Å². The Morgan fingerprint density at radius 2 is 1.97 bits per heavy atom. The Morgan fingerprint density at radius 3 is 2.69 bits per heavy atom. The lowest BCUT2D eigenvalue weighted by molar-refractivity contribution is 0.0469. The number of benzene rings is 1. The van der Waals surface area contributed by atoms with Crippen LogP contribution < -0.4 is 0 Å². The summed E-state index contributed by atoms with van der Waals surface area (Å²) in [6.45, 7) is 3.92. The minimum absolute atomic E-state index is 0.0597. The van der Waals surface area contributed by atoms with Crippen LogP contribution in [0.5, 0.6) is 0 Å². The zero-order valence-corrected chi connectivity index (χ0v) is 17.4. The number of esters is 1. The van der Waals surface area contributed by atoms with Gasteiger partial charge in [-0.25, -0.2) is 19.4 Å². The summed E-state index contributed by atoms with van der Waals surface area (Å²) in [5.74, 6) is -0.0795. The average Bonchev–Trinajstić information content (AvgIpc) is 3.33. The Balaban J connectivity index is 1.50. The van der Waals surface area contributed by atoms with Crippen LogP contribution >= 0.6 is 22.9 Å². The van der Waals surface area contributed by atoms with Gasteiger partial charge in [-0.05, 0) is 32.0 Å².